The molecule has 8 heteroatoms. The molecule has 0 atom stereocenters. The van der Waals surface area contributed by atoms with Crippen LogP contribution in [0.2, 0.25) is 10.0 Å². The van der Waals surface area contributed by atoms with E-state index in [0.29, 0.717) is 25.7 Å². The van der Waals surface area contributed by atoms with Crippen LogP contribution in [0.4, 0.5) is 0 Å². The summed E-state index contributed by atoms with van der Waals surface area (Å²) in [4.78, 5) is 56.2. The number of carbonyl (C=O) groups is 4. The Balaban J connectivity index is 2.08. The van der Waals surface area contributed by atoms with E-state index < -0.39 is 23.6 Å². The van der Waals surface area contributed by atoms with Crippen LogP contribution < -0.4 is 0 Å². The topological polar surface area (TPSA) is 74.8 Å². The average Bonchev–Trinajstić information content (AvgIpc) is 2.76. The van der Waals surface area contributed by atoms with Crippen LogP contribution in [0.3, 0.4) is 0 Å². The molecule has 0 spiro atoms. The van der Waals surface area contributed by atoms with Crippen LogP contribution in [-0.4, -0.2) is 45.5 Å². The molecule has 2 heterocycles. The summed E-state index contributed by atoms with van der Waals surface area (Å²) >= 11 is 13.1. The van der Waals surface area contributed by atoms with E-state index in [0.717, 1.165) is 0 Å². The molecule has 32 heavy (non-hydrogen) atoms. The monoisotopic (exact) mass is 474 g/mol. The van der Waals surface area contributed by atoms with E-state index in [2.05, 4.69) is 0 Å². The summed E-state index contributed by atoms with van der Waals surface area (Å²) < 4.78 is 0. The van der Waals surface area contributed by atoms with E-state index in [9.17, 15) is 19.2 Å². The van der Waals surface area contributed by atoms with Crippen LogP contribution in [0, 0.1) is 0 Å². The number of hydrogen-bond donors (Lipinski definition) is 0. The van der Waals surface area contributed by atoms with Gasteiger partial charge in [-0.3, -0.25) is 29.0 Å². The molecule has 168 valence electrons. The van der Waals surface area contributed by atoms with Crippen LogP contribution in [-0.2, 0) is 0 Å². The third kappa shape index (κ3) is 2.92. The largest absolute Gasteiger partial charge is 0.271 e. The lowest BCUT2D eigenvalue weighted by atomic mass is 9.84. The Morgan fingerprint density at radius 1 is 0.625 bits per heavy atom. The Kier molecular flexibility index (Phi) is 5.80. The van der Waals surface area contributed by atoms with Gasteiger partial charge in [-0.2, -0.15) is 0 Å². The molecule has 0 aliphatic carbocycles. The third-order valence-corrected chi connectivity index (χ3v) is 7.28. The van der Waals surface area contributed by atoms with Crippen LogP contribution in [0.1, 0.15) is 94.8 Å². The van der Waals surface area contributed by atoms with Crippen molar-refractivity contribution in [2.24, 2.45) is 0 Å². The van der Waals surface area contributed by atoms with Crippen molar-refractivity contribution < 1.29 is 19.2 Å². The lowest BCUT2D eigenvalue weighted by Gasteiger charge is -2.37. The molecule has 2 aromatic carbocycles. The zero-order valence-electron chi connectivity index (χ0n) is 18.4. The van der Waals surface area contributed by atoms with Gasteiger partial charge in [-0.15, -0.1) is 0 Å². The van der Waals surface area contributed by atoms with E-state index >= 15 is 0 Å². The predicted molar refractivity (Wildman–Crippen MR) is 124 cm³/mol. The molecular formula is C24H24Cl2N2O4. The Labute approximate surface area is 196 Å². The summed E-state index contributed by atoms with van der Waals surface area (Å²) in [5, 5.41) is 0.634. The quantitative estimate of drug-likeness (QED) is 0.501. The highest BCUT2D eigenvalue weighted by atomic mass is 35.5. The van der Waals surface area contributed by atoms with Gasteiger partial charge in [-0.1, -0.05) is 50.9 Å². The van der Waals surface area contributed by atoms with Crippen LogP contribution >= 0.6 is 23.2 Å². The lowest BCUT2D eigenvalue weighted by molar-refractivity contribution is 0.0508. The second kappa shape index (κ2) is 8.16. The molecular weight excluding hydrogens is 451 g/mol. The van der Waals surface area contributed by atoms with Gasteiger partial charge in [-0.25, -0.2) is 0 Å². The molecule has 0 radical (unpaired) electrons. The lowest BCUT2D eigenvalue weighted by Crippen LogP contribution is -2.49. The van der Waals surface area contributed by atoms with Crippen molar-refractivity contribution in [1.29, 1.82) is 0 Å². The Morgan fingerprint density at radius 2 is 0.969 bits per heavy atom. The van der Waals surface area contributed by atoms with Crippen molar-refractivity contribution in [3.63, 3.8) is 0 Å². The zero-order valence-corrected chi connectivity index (χ0v) is 19.9. The van der Waals surface area contributed by atoms with Gasteiger partial charge in [0.05, 0.1) is 32.3 Å². The smallest absolute Gasteiger partial charge is 0.263 e. The second-order valence-electron chi connectivity index (χ2n) is 8.21. The van der Waals surface area contributed by atoms with E-state index in [1.165, 1.54) is 21.9 Å². The van der Waals surface area contributed by atoms with E-state index in [-0.39, 0.29) is 55.2 Å². The van der Waals surface area contributed by atoms with Crippen molar-refractivity contribution >= 4 is 57.6 Å². The minimum atomic E-state index is -0.525. The molecule has 6 nitrogen and oxygen atoms in total. The van der Waals surface area contributed by atoms with E-state index in [1.54, 1.807) is 0 Å². The SMILES string of the molecule is CCC(CC)N1C(=O)c2cc(Cl)c3c4c(c(Cl)cc(c24)C1=O)C(=O)N(C(CC)CC)C3=O. The van der Waals surface area contributed by atoms with Crippen molar-refractivity contribution in [2.45, 2.75) is 65.5 Å². The van der Waals surface area contributed by atoms with Gasteiger partial charge in [0, 0.05) is 22.9 Å². The van der Waals surface area contributed by atoms with Gasteiger partial charge in [-0.05, 0) is 37.8 Å². The molecule has 0 fully saturated rings. The fourth-order valence-electron chi connectivity index (χ4n) is 4.98. The number of imide groups is 2. The number of amides is 4. The first-order valence-corrected chi connectivity index (χ1v) is 11.7. The van der Waals surface area contributed by atoms with Gasteiger partial charge in [0.1, 0.15) is 0 Å². The average molecular weight is 475 g/mol. The Bertz CT molecular complexity index is 1120. The number of carbonyl (C=O) groups excluding carboxylic acids is 4. The van der Waals surface area contributed by atoms with Crippen molar-refractivity contribution in [2.75, 3.05) is 0 Å². The first kappa shape index (κ1) is 22.7. The van der Waals surface area contributed by atoms with Gasteiger partial charge < -0.3 is 0 Å². The van der Waals surface area contributed by atoms with E-state index in [1.807, 2.05) is 27.7 Å². The maximum Gasteiger partial charge on any atom is 0.263 e. The summed E-state index contributed by atoms with van der Waals surface area (Å²) in [6.45, 7) is 7.62. The first-order chi connectivity index (χ1) is 15.2. The van der Waals surface area contributed by atoms with Gasteiger partial charge >= 0.3 is 0 Å². The molecule has 2 aromatic rings. The maximum atomic E-state index is 13.5. The molecule has 0 bridgehead atoms. The van der Waals surface area contributed by atoms with Crippen LogP contribution in [0.15, 0.2) is 12.1 Å². The predicted octanol–water partition coefficient (Wildman–Crippen LogP) is 5.72. The van der Waals surface area contributed by atoms with Gasteiger partial charge in [0.15, 0.2) is 0 Å². The molecule has 0 aromatic heterocycles. The number of rotatable bonds is 6. The molecule has 0 saturated carbocycles. The summed E-state index contributed by atoms with van der Waals surface area (Å²) in [7, 11) is 0. The molecule has 2 aliphatic heterocycles. The molecule has 2 aliphatic rings. The number of benzene rings is 2. The van der Waals surface area contributed by atoms with Crippen molar-refractivity contribution in [3.8, 4) is 0 Å². The van der Waals surface area contributed by atoms with Crippen molar-refractivity contribution in [3.05, 3.63) is 44.4 Å². The minimum absolute atomic E-state index is 0.0719. The minimum Gasteiger partial charge on any atom is -0.271 e. The molecule has 0 unspecified atom stereocenters. The number of nitrogens with zero attached hydrogens (tertiary/aromatic N) is 2. The standard InChI is InChI=1S/C24H24Cl2N2O4/c1-5-11(6-2)27-21(29)13-9-15(25)18-20-17(13)14(22(27)30)10-16(26)19(20)24(32)28(23(18)31)12(7-3)8-4/h9-12H,5-8H2,1-4H3. The van der Waals surface area contributed by atoms with E-state index in [4.69, 9.17) is 23.2 Å². The molecule has 0 N–H and O–H groups in total. The summed E-state index contributed by atoms with van der Waals surface area (Å²) in [5.41, 5.74) is 0.661. The number of hydrogen-bond acceptors (Lipinski definition) is 4. The highest BCUT2D eigenvalue weighted by molar-refractivity contribution is 6.45. The zero-order chi connectivity index (χ0) is 23.5. The summed E-state index contributed by atoms with van der Waals surface area (Å²) in [6.07, 6.45) is 2.37. The van der Waals surface area contributed by atoms with Crippen LogP contribution in [0.25, 0.3) is 10.8 Å². The van der Waals surface area contributed by atoms with Gasteiger partial charge in [0.2, 0.25) is 0 Å². The highest BCUT2D eigenvalue weighted by Crippen LogP contribution is 2.45. The number of halogens is 2. The Morgan fingerprint density at radius 3 is 1.31 bits per heavy atom. The van der Waals surface area contributed by atoms with Gasteiger partial charge in [0.25, 0.3) is 23.6 Å². The van der Waals surface area contributed by atoms with Crippen molar-refractivity contribution in [1.82, 2.24) is 9.80 Å². The fraction of sp³-hybridized carbons (Fsp3) is 0.417. The van der Waals surface area contributed by atoms with Crippen LogP contribution in [0.5, 0.6) is 0 Å². The highest BCUT2D eigenvalue weighted by Gasteiger charge is 2.44. The Hall–Kier alpha value is -2.44. The fourth-order valence-corrected chi connectivity index (χ4v) is 5.55. The second-order valence-corrected chi connectivity index (χ2v) is 9.03. The molecule has 0 saturated heterocycles. The molecule has 4 amide bonds. The normalized spacial score (nSPS) is 15.8. The maximum absolute atomic E-state index is 13.5. The summed E-state index contributed by atoms with van der Waals surface area (Å²) in [6, 6.07) is 2.30. The summed E-state index contributed by atoms with van der Waals surface area (Å²) in [5.74, 6) is -1.99. The third-order valence-electron chi connectivity index (χ3n) is 6.69. The first-order valence-electron chi connectivity index (χ1n) is 11.0. The molecule has 4 rings (SSSR count).